The van der Waals surface area contributed by atoms with Crippen LogP contribution in [0.2, 0.25) is 0 Å². The summed E-state index contributed by atoms with van der Waals surface area (Å²) in [5.74, 6) is 1.18. The molecule has 0 unspecified atom stereocenters. The summed E-state index contributed by atoms with van der Waals surface area (Å²) in [7, 11) is 3.55. The normalized spacial score (nSPS) is 24.2. The summed E-state index contributed by atoms with van der Waals surface area (Å²) in [6.07, 6.45) is 3.64. The number of nitrogens with zero attached hydrogens (tertiary/aromatic N) is 5. The van der Waals surface area contributed by atoms with Gasteiger partial charge in [0.05, 0.1) is 6.10 Å². The van der Waals surface area contributed by atoms with Crippen molar-refractivity contribution in [1.29, 1.82) is 5.26 Å². The molecule has 3 heterocycles. The molecule has 3 rings (SSSR count). The Morgan fingerprint density at radius 1 is 1.28 bits per heavy atom. The lowest BCUT2D eigenvalue weighted by atomic mass is 9.90. The smallest absolute Gasteiger partial charge is 0.251 e. The number of hydrogen-bond donors (Lipinski definition) is 0. The second kappa shape index (κ2) is 7.36. The number of carbonyl (C=O) groups excluding carboxylic acids is 1. The first-order chi connectivity index (χ1) is 12.0. The first-order valence-corrected chi connectivity index (χ1v) is 8.85. The molecular weight excluding hydrogens is 318 g/mol. The van der Waals surface area contributed by atoms with Crippen molar-refractivity contribution in [2.75, 3.05) is 32.1 Å². The van der Waals surface area contributed by atoms with E-state index < -0.39 is 0 Å². The minimum Gasteiger partial charge on any atom is -0.365 e. The molecular formula is C18H25N5O2. The summed E-state index contributed by atoms with van der Waals surface area (Å²) in [5, 5.41) is 9.07. The molecule has 0 bridgehead atoms. The number of aryl methyl sites for hydroxylation is 1. The molecule has 1 aromatic rings. The fourth-order valence-corrected chi connectivity index (χ4v) is 3.70. The van der Waals surface area contributed by atoms with Gasteiger partial charge in [-0.3, -0.25) is 4.79 Å². The number of piperidine rings is 1. The Bertz CT molecular complexity index is 677. The van der Waals surface area contributed by atoms with Crippen LogP contribution in [0.4, 0.5) is 5.95 Å². The second-order valence-electron chi connectivity index (χ2n) is 7.10. The molecule has 25 heavy (non-hydrogen) atoms. The highest BCUT2D eigenvalue weighted by Gasteiger charge is 2.37. The number of hydrogen-bond acceptors (Lipinski definition) is 6. The van der Waals surface area contributed by atoms with Gasteiger partial charge in [0.2, 0.25) is 5.95 Å². The summed E-state index contributed by atoms with van der Waals surface area (Å²) in [4.78, 5) is 24.6. The van der Waals surface area contributed by atoms with Crippen LogP contribution in [-0.4, -0.2) is 60.2 Å². The van der Waals surface area contributed by atoms with Crippen molar-refractivity contribution in [3.8, 4) is 6.07 Å². The predicted octanol–water partition coefficient (Wildman–Crippen LogP) is 1.51. The van der Waals surface area contributed by atoms with E-state index in [9.17, 15) is 4.79 Å². The molecule has 7 nitrogen and oxygen atoms in total. The minimum absolute atomic E-state index is 0.0668. The van der Waals surface area contributed by atoms with Crippen LogP contribution in [0.1, 0.15) is 37.1 Å². The first kappa shape index (κ1) is 17.6. The number of anilines is 1. The molecule has 2 fully saturated rings. The fourth-order valence-electron chi connectivity index (χ4n) is 3.70. The van der Waals surface area contributed by atoms with Crippen LogP contribution in [-0.2, 0) is 9.53 Å². The van der Waals surface area contributed by atoms with Crippen molar-refractivity contribution in [3.05, 3.63) is 17.5 Å². The molecule has 1 amide bonds. The van der Waals surface area contributed by atoms with Gasteiger partial charge in [0.15, 0.2) is 0 Å². The molecule has 0 spiro atoms. The van der Waals surface area contributed by atoms with E-state index in [2.05, 4.69) is 20.9 Å². The summed E-state index contributed by atoms with van der Waals surface area (Å²) < 4.78 is 6.04. The van der Waals surface area contributed by atoms with E-state index in [1.165, 1.54) is 0 Å². The standard InChI is InChI=1S/C18H25N5O2/c1-12-10-14(11-19)21-18(20-12)23-8-6-13(7-9-23)15-4-5-16(25-15)17(24)22(2)3/h10,13,15-16H,4-9H2,1-3H3/t15-,16+/m0/s1. The Morgan fingerprint density at radius 2 is 2.00 bits per heavy atom. The summed E-state index contributed by atoms with van der Waals surface area (Å²) >= 11 is 0. The van der Waals surface area contributed by atoms with Crippen LogP contribution in [0.15, 0.2) is 6.07 Å². The Morgan fingerprint density at radius 3 is 2.64 bits per heavy atom. The molecule has 2 atom stereocenters. The van der Waals surface area contributed by atoms with Crippen LogP contribution >= 0.6 is 0 Å². The third-order valence-corrected chi connectivity index (χ3v) is 5.07. The number of ether oxygens (including phenoxy) is 1. The van der Waals surface area contributed by atoms with Gasteiger partial charge in [0, 0.05) is 32.9 Å². The van der Waals surface area contributed by atoms with Crippen molar-refractivity contribution in [2.24, 2.45) is 5.92 Å². The monoisotopic (exact) mass is 343 g/mol. The molecule has 2 aliphatic rings. The fraction of sp³-hybridized carbons (Fsp3) is 0.667. The number of rotatable bonds is 3. The highest BCUT2D eigenvalue weighted by molar-refractivity contribution is 5.80. The number of aromatic nitrogens is 2. The lowest BCUT2D eigenvalue weighted by Gasteiger charge is -2.34. The zero-order valence-corrected chi connectivity index (χ0v) is 15.1. The molecule has 1 aromatic heterocycles. The summed E-state index contributed by atoms with van der Waals surface area (Å²) in [5.41, 5.74) is 1.22. The van der Waals surface area contributed by atoms with Crippen LogP contribution < -0.4 is 4.90 Å². The van der Waals surface area contributed by atoms with Gasteiger partial charge >= 0.3 is 0 Å². The molecule has 0 radical (unpaired) electrons. The first-order valence-electron chi connectivity index (χ1n) is 8.85. The highest BCUT2D eigenvalue weighted by atomic mass is 16.5. The Hall–Kier alpha value is -2.20. The maximum absolute atomic E-state index is 12.1. The van der Waals surface area contributed by atoms with Gasteiger partial charge < -0.3 is 14.5 Å². The van der Waals surface area contributed by atoms with Gasteiger partial charge in [-0.2, -0.15) is 5.26 Å². The van der Waals surface area contributed by atoms with Gasteiger partial charge in [-0.1, -0.05) is 0 Å². The molecule has 2 aliphatic heterocycles. The van der Waals surface area contributed by atoms with Gasteiger partial charge in [-0.25, -0.2) is 9.97 Å². The second-order valence-corrected chi connectivity index (χ2v) is 7.10. The summed E-state index contributed by atoms with van der Waals surface area (Å²) in [6.45, 7) is 3.59. The lowest BCUT2D eigenvalue weighted by Crippen LogP contribution is -2.40. The maximum Gasteiger partial charge on any atom is 0.251 e. The molecule has 134 valence electrons. The molecule has 2 saturated heterocycles. The number of likely N-dealkylation sites (N-methyl/N-ethyl adjacent to an activating group) is 1. The van der Waals surface area contributed by atoms with Crippen molar-refractivity contribution < 1.29 is 9.53 Å². The van der Waals surface area contributed by atoms with E-state index in [1.807, 2.05) is 6.92 Å². The van der Waals surface area contributed by atoms with Crippen molar-refractivity contribution in [2.45, 2.75) is 44.8 Å². The topological polar surface area (TPSA) is 82.4 Å². The molecule has 0 saturated carbocycles. The highest BCUT2D eigenvalue weighted by Crippen LogP contribution is 2.33. The zero-order chi connectivity index (χ0) is 18.0. The van der Waals surface area contributed by atoms with Gasteiger partial charge in [0.1, 0.15) is 17.9 Å². The quantitative estimate of drug-likeness (QED) is 0.827. The van der Waals surface area contributed by atoms with E-state index in [-0.39, 0.29) is 18.1 Å². The largest absolute Gasteiger partial charge is 0.365 e. The molecule has 0 aliphatic carbocycles. The van der Waals surface area contributed by atoms with Gasteiger partial charge in [-0.05, 0) is 44.6 Å². The lowest BCUT2D eigenvalue weighted by molar-refractivity contribution is -0.141. The minimum atomic E-state index is -0.281. The van der Waals surface area contributed by atoms with Gasteiger partial charge in [-0.15, -0.1) is 0 Å². The van der Waals surface area contributed by atoms with Crippen LogP contribution in [0.5, 0.6) is 0 Å². The van der Waals surface area contributed by atoms with Crippen molar-refractivity contribution >= 4 is 11.9 Å². The summed E-state index contributed by atoms with van der Waals surface area (Å²) in [6, 6.07) is 3.79. The molecule has 0 aromatic carbocycles. The van der Waals surface area contributed by atoms with Crippen molar-refractivity contribution in [3.63, 3.8) is 0 Å². The predicted molar refractivity (Wildman–Crippen MR) is 93.0 cm³/mol. The van der Waals surface area contributed by atoms with E-state index in [1.54, 1.807) is 25.1 Å². The zero-order valence-electron chi connectivity index (χ0n) is 15.1. The number of nitriles is 1. The van der Waals surface area contributed by atoms with E-state index in [0.717, 1.165) is 44.5 Å². The van der Waals surface area contributed by atoms with Gasteiger partial charge in [0.25, 0.3) is 5.91 Å². The maximum atomic E-state index is 12.1. The van der Waals surface area contributed by atoms with Crippen LogP contribution in [0, 0.1) is 24.2 Å². The Kier molecular flexibility index (Phi) is 5.19. The Labute approximate surface area is 148 Å². The van der Waals surface area contributed by atoms with Crippen LogP contribution in [0.3, 0.4) is 0 Å². The average Bonchev–Trinajstić information content (AvgIpc) is 3.10. The third-order valence-electron chi connectivity index (χ3n) is 5.07. The molecule has 0 N–H and O–H groups in total. The number of carbonyl (C=O) groups is 1. The molecule has 7 heteroatoms. The average molecular weight is 343 g/mol. The number of amides is 1. The van der Waals surface area contributed by atoms with E-state index >= 15 is 0 Å². The van der Waals surface area contributed by atoms with Crippen molar-refractivity contribution in [1.82, 2.24) is 14.9 Å². The Balaban J connectivity index is 1.57. The third kappa shape index (κ3) is 3.90. The van der Waals surface area contributed by atoms with E-state index in [4.69, 9.17) is 10.00 Å². The SMILES string of the molecule is Cc1cc(C#N)nc(N2CCC([C@@H]3CC[C@H](C(=O)N(C)C)O3)CC2)n1. The van der Waals surface area contributed by atoms with E-state index in [0.29, 0.717) is 17.6 Å². The van der Waals surface area contributed by atoms with Crippen LogP contribution in [0.25, 0.3) is 0 Å².